The third kappa shape index (κ3) is 4.75. The molecular formula is C10H7O6-3. The summed E-state index contributed by atoms with van der Waals surface area (Å²) in [5.74, 6) is -4.12. The number of carbonyl (C=O) groups is 3. The van der Waals surface area contributed by atoms with Gasteiger partial charge in [-0.1, -0.05) is 24.3 Å². The van der Waals surface area contributed by atoms with Crippen LogP contribution in [0.1, 0.15) is 27.6 Å². The van der Waals surface area contributed by atoms with E-state index in [9.17, 15) is 19.8 Å². The molecular weight excluding hydrogens is 216 g/mol. The van der Waals surface area contributed by atoms with E-state index in [0.29, 0.717) is 0 Å². The maximum Gasteiger partial charge on any atom is 0.0721 e. The average molecular weight is 223 g/mol. The second-order valence-corrected chi connectivity index (χ2v) is 2.61. The molecule has 0 aromatic heterocycles. The Morgan fingerprint density at radius 1 is 0.875 bits per heavy atom. The first kappa shape index (κ1) is 13.6. The van der Waals surface area contributed by atoms with Crippen LogP contribution in [0, 0.1) is 0 Å². The van der Waals surface area contributed by atoms with Crippen molar-refractivity contribution in [2.45, 2.75) is 6.92 Å². The summed E-state index contributed by atoms with van der Waals surface area (Å²) in [6.07, 6.45) is 0. The van der Waals surface area contributed by atoms with Crippen LogP contribution in [0.5, 0.6) is 0 Å². The number of carboxylic acid groups (broad SMARTS) is 3. The van der Waals surface area contributed by atoms with Crippen LogP contribution < -0.4 is 15.3 Å². The summed E-state index contributed by atoms with van der Waals surface area (Å²) in [7, 11) is 0. The van der Waals surface area contributed by atoms with Gasteiger partial charge in [0, 0.05) is 17.1 Å². The zero-order valence-corrected chi connectivity index (χ0v) is 8.26. The highest BCUT2D eigenvalue weighted by molar-refractivity contribution is 5.99. The molecule has 0 atom stereocenters. The van der Waals surface area contributed by atoms with Gasteiger partial charge in [0.1, 0.15) is 0 Å². The van der Waals surface area contributed by atoms with Crippen molar-refractivity contribution in [1.29, 1.82) is 0 Å². The molecule has 86 valence electrons. The van der Waals surface area contributed by atoms with E-state index in [1.807, 2.05) is 0 Å². The first-order valence-corrected chi connectivity index (χ1v) is 4.05. The van der Waals surface area contributed by atoms with Crippen molar-refractivity contribution >= 4 is 17.9 Å². The molecule has 0 saturated carbocycles. The second-order valence-electron chi connectivity index (χ2n) is 2.61. The Morgan fingerprint density at radius 2 is 1.12 bits per heavy atom. The number of benzene rings is 1. The van der Waals surface area contributed by atoms with E-state index in [1.54, 1.807) is 0 Å². The molecule has 0 spiro atoms. The molecule has 0 N–H and O–H groups in total. The lowest BCUT2D eigenvalue weighted by molar-refractivity contribution is -0.302. The van der Waals surface area contributed by atoms with Gasteiger partial charge in [-0.2, -0.15) is 0 Å². The minimum Gasteiger partial charge on any atom is -0.550 e. The van der Waals surface area contributed by atoms with Crippen molar-refractivity contribution in [3.8, 4) is 0 Å². The predicted octanol–water partition coefficient (Wildman–Crippen LogP) is -2.83. The Hall–Kier alpha value is -2.37. The van der Waals surface area contributed by atoms with Crippen LogP contribution in [0.4, 0.5) is 0 Å². The van der Waals surface area contributed by atoms with Crippen molar-refractivity contribution in [3.63, 3.8) is 0 Å². The fourth-order valence-electron chi connectivity index (χ4n) is 0.839. The van der Waals surface area contributed by atoms with Gasteiger partial charge in [0.2, 0.25) is 0 Å². The Labute approximate surface area is 90.8 Å². The van der Waals surface area contributed by atoms with E-state index in [4.69, 9.17) is 9.90 Å². The molecule has 0 amide bonds. The largest absolute Gasteiger partial charge is 0.550 e. The Bertz CT molecular complexity index is 373. The summed E-state index contributed by atoms with van der Waals surface area (Å²) in [4.78, 5) is 29.5. The molecule has 0 fully saturated rings. The van der Waals surface area contributed by atoms with Crippen LogP contribution in [0.2, 0.25) is 0 Å². The Balaban J connectivity index is 0.000000487. The zero-order chi connectivity index (χ0) is 12.7. The first-order chi connectivity index (χ1) is 7.36. The van der Waals surface area contributed by atoms with Gasteiger partial charge >= 0.3 is 0 Å². The maximum atomic E-state index is 10.3. The average Bonchev–Trinajstić information content (AvgIpc) is 2.16. The summed E-state index contributed by atoms with van der Waals surface area (Å²) < 4.78 is 0. The van der Waals surface area contributed by atoms with Crippen molar-refractivity contribution in [3.05, 3.63) is 35.4 Å². The number of hydrogen-bond donors (Lipinski definition) is 0. The van der Waals surface area contributed by atoms with Crippen LogP contribution in [0.25, 0.3) is 0 Å². The molecule has 6 heteroatoms. The summed E-state index contributed by atoms with van der Waals surface area (Å²) >= 11 is 0. The lowest BCUT2D eigenvalue weighted by Crippen LogP contribution is -2.29. The first-order valence-electron chi connectivity index (χ1n) is 4.05. The lowest BCUT2D eigenvalue weighted by Gasteiger charge is -2.09. The van der Waals surface area contributed by atoms with Gasteiger partial charge in [0.15, 0.2) is 0 Å². The fourth-order valence-corrected chi connectivity index (χ4v) is 0.839. The predicted molar refractivity (Wildman–Crippen MR) is 45.8 cm³/mol. The number of rotatable bonds is 2. The fraction of sp³-hybridized carbons (Fsp3) is 0.100. The summed E-state index contributed by atoms with van der Waals surface area (Å²) in [6.45, 7) is 0.972. The van der Waals surface area contributed by atoms with Gasteiger partial charge in [-0.15, -0.1) is 0 Å². The van der Waals surface area contributed by atoms with Crippen molar-refractivity contribution < 1.29 is 29.7 Å². The highest BCUT2D eigenvalue weighted by atomic mass is 16.4. The monoisotopic (exact) mass is 223 g/mol. The van der Waals surface area contributed by atoms with Crippen LogP contribution >= 0.6 is 0 Å². The van der Waals surface area contributed by atoms with Crippen LogP contribution in [0.15, 0.2) is 24.3 Å². The molecule has 0 aliphatic carbocycles. The molecule has 6 nitrogen and oxygen atoms in total. The van der Waals surface area contributed by atoms with E-state index < -0.39 is 17.9 Å². The summed E-state index contributed by atoms with van der Waals surface area (Å²) in [5, 5.41) is 29.5. The molecule has 1 aromatic carbocycles. The third-order valence-corrected chi connectivity index (χ3v) is 1.37. The normalized spacial score (nSPS) is 8.56. The van der Waals surface area contributed by atoms with E-state index in [2.05, 4.69) is 0 Å². The van der Waals surface area contributed by atoms with E-state index in [0.717, 1.165) is 19.1 Å². The molecule has 0 saturated heterocycles. The van der Waals surface area contributed by atoms with E-state index >= 15 is 0 Å². The lowest BCUT2D eigenvalue weighted by atomic mass is 10.1. The van der Waals surface area contributed by atoms with E-state index in [-0.39, 0.29) is 11.1 Å². The van der Waals surface area contributed by atoms with Crippen molar-refractivity contribution in [2.75, 3.05) is 0 Å². The zero-order valence-electron chi connectivity index (χ0n) is 8.26. The van der Waals surface area contributed by atoms with Gasteiger partial charge in [0.25, 0.3) is 0 Å². The molecule has 16 heavy (non-hydrogen) atoms. The van der Waals surface area contributed by atoms with Gasteiger partial charge in [-0.05, 0) is 6.92 Å². The summed E-state index contributed by atoms with van der Waals surface area (Å²) in [6, 6.07) is 5.14. The van der Waals surface area contributed by atoms with Crippen LogP contribution in [-0.4, -0.2) is 17.9 Å². The van der Waals surface area contributed by atoms with Gasteiger partial charge in [0.05, 0.1) is 11.9 Å². The highest BCUT2D eigenvalue weighted by Gasteiger charge is 2.01. The number of carbonyl (C=O) groups excluding carboxylic acids is 3. The maximum absolute atomic E-state index is 10.3. The molecule has 0 unspecified atom stereocenters. The molecule has 0 bridgehead atoms. The molecule has 0 aliphatic heterocycles. The van der Waals surface area contributed by atoms with Gasteiger partial charge in [-0.3, -0.25) is 0 Å². The molecule has 1 aromatic rings. The van der Waals surface area contributed by atoms with Crippen LogP contribution in [0.3, 0.4) is 0 Å². The molecule has 0 aliphatic rings. The number of aromatic carboxylic acids is 2. The standard InChI is InChI=1S/C8H6O4.C2H4O2/c9-7(10)5-3-1-2-4-6(5)8(11)12;1-2(3)4/h1-4H,(H,9,10)(H,11,12);1H3,(H,3,4)/p-3. The number of aliphatic carboxylic acids is 1. The number of carboxylic acids is 3. The summed E-state index contributed by atoms with van der Waals surface area (Å²) in [5.41, 5.74) is -0.727. The minimum absolute atomic E-state index is 0.363. The molecule has 0 heterocycles. The minimum atomic E-state index is -1.52. The van der Waals surface area contributed by atoms with Gasteiger partial charge < -0.3 is 29.7 Å². The Kier molecular flexibility index (Phi) is 5.26. The van der Waals surface area contributed by atoms with Crippen molar-refractivity contribution in [2.24, 2.45) is 0 Å². The van der Waals surface area contributed by atoms with Gasteiger partial charge in [-0.25, -0.2) is 0 Å². The van der Waals surface area contributed by atoms with Crippen molar-refractivity contribution in [1.82, 2.24) is 0 Å². The van der Waals surface area contributed by atoms with E-state index in [1.165, 1.54) is 12.1 Å². The highest BCUT2D eigenvalue weighted by Crippen LogP contribution is 2.05. The molecule has 1 rings (SSSR count). The second kappa shape index (κ2) is 6.18. The smallest absolute Gasteiger partial charge is 0.0721 e. The number of hydrogen-bond acceptors (Lipinski definition) is 6. The third-order valence-electron chi connectivity index (χ3n) is 1.37. The SMILES string of the molecule is CC(=O)[O-].O=C([O-])c1ccccc1C(=O)[O-]. The topological polar surface area (TPSA) is 120 Å². The molecule has 0 radical (unpaired) electrons. The Morgan fingerprint density at radius 3 is 1.31 bits per heavy atom. The quantitative estimate of drug-likeness (QED) is 0.532. The van der Waals surface area contributed by atoms with Crippen LogP contribution in [-0.2, 0) is 4.79 Å².